The Bertz CT molecular complexity index is 223. The molecule has 0 spiro atoms. The number of aliphatic hydroxyl groups is 1. The molecule has 0 heterocycles. The van der Waals surface area contributed by atoms with E-state index in [1.165, 1.54) is 5.57 Å². The largest absolute Gasteiger partial charge is 0.392 e. The van der Waals surface area contributed by atoms with E-state index in [4.69, 9.17) is 0 Å². The lowest BCUT2D eigenvalue weighted by atomic mass is 9.99. The van der Waals surface area contributed by atoms with Crippen molar-refractivity contribution in [2.45, 2.75) is 40.2 Å². The maximum absolute atomic E-state index is 9.75. The van der Waals surface area contributed by atoms with Gasteiger partial charge in [-0.3, -0.25) is 0 Å². The first kappa shape index (κ1) is 13.2. The molecule has 14 heavy (non-hydrogen) atoms. The Kier molecular flexibility index (Phi) is 7.13. The van der Waals surface area contributed by atoms with Crippen LogP contribution in [0.1, 0.15) is 34.1 Å². The van der Waals surface area contributed by atoms with Crippen LogP contribution in [-0.2, 0) is 0 Å². The molecule has 0 rings (SSSR count). The van der Waals surface area contributed by atoms with Gasteiger partial charge < -0.3 is 5.11 Å². The minimum absolute atomic E-state index is 0.211. The van der Waals surface area contributed by atoms with Crippen molar-refractivity contribution in [2.24, 2.45) is 5.92 Å². The minimum atomic E-state index is -0.272. The molecule has 0 aliphatic rings. The molecule has 1 N–H and O–H groups in total. The third-order valence-electron chi connectivity index (χ3n) is 2.18. The van der Waals surface area contributed by atoms with Crippen LogP contribution in [0.25, 0.3) is 0 Å². The van der Waals surface area contributed by atoms with Crippen molar-refractivity contribution in [3.05, 3.63) is 36.0 Å². The van der Waals surface area contributed by atoms with Crippen molar-refractivity contribution in [1.82, 2.24) is 0 Å². The Hall–Kier alpha value is -0.820. The first-order valence-corrected chi connectivity index (χ1v) is 5.22. The van der Waals surface area contributed by atoms with Crippen LogP contribution in [0.5, 0.6) is 0 Å². The number of hydrogen-bond donors (Lipinski definition) is 1. The molecule has 0 aliphatic carbocycles. The van der Waals surface area contributed by atoms with Gasteiger partial charge in [0.2, 0.25) is 0 Å². The summed E-state index contributed by atoms with van der Waals surface area (Å²) in [6.45, 7) is 8.07. The molecule has 0 aromatic rings. The summed E-state index contributed by atoms with van der Waals surface area (Å²) in [6.07, 6.45) is 10.6. The molecule has 1 heteroatoms. The van der Waals surface area contributed by atoms with Crippen molar-refractivity contribution < 1.29 is 5.11 Å². The van der Waals surface area contributed by atoms with Crippen LogP contribution in [0.4, 0.5) is 0 Å². The highest BCUT2D eigenvalue weighted by Crippen LogP contribution is 2.12. The molecule has 2 atom stereocenters. The highest BCUT2D eigenvalue weighted by atomic mass is 16.3. The molecular weight excluding hydrogens is 172 g/mol. The second-order valence-electron chi connectivity index (χ2n) is 3.64. The van der Waals surface area contributed by atoms with Gasteiger partial charge in [0.05, 0.1) is 6.10 Å². The summed E-state index contributed by atoms with van der Waals surface area (Å²) in [5.41, 5.74) is 1.21. The number of hydrogen-bond acceptors (Lipinski definition) is 1. The van der Waals surface area contributed by atoms with Gasteiger partial charge in [-0.15, -0.1) is 0 Å². The Morgan fingerprint density at radius 1 is 1.29 bits per heavy atom. The predicted octanol–water partition coefficient (Wildman–Crippen LogP) is 3.47. The Balaban J connectivity index is 4.17. The van der Waals surface area contributed by atoms with Gasteiger partial charge >= 0.3 is 0 Å². The maximum atomic E-state index is 9.75. The molecule has 0 fully saturated rings. The van der Waals surface area contributed by atoms with Gasteiger partial charge in [-0.25, -0.2) is 0 Å². The van der Waals surface area contributed by atoms with E-state index in [0.29, 0.717) is 0 Å². The number of allylic oxidation sites excluding steroid dienone is 4. The summed E-state index contributed by atoms with van der Waals surface area (Å²) in [5, 5.41) is 9.75. The van der Waals surface area contributed by atoms with Crippen LogP contribution >= 0.6 is 0 Å². The van der Waals surface area contributed by atoms with Gasteiger partial charge in [0.15, 0.2) is 0 Å². The van der Waals surface area contributed by atoms with Gasteiger partial charge in [0.25, 0.3) is 0 Å². The van der Waals surface area contributed by atoms with Gasteiger partial charge in [-0.2, -0.15) is 0 Å². The van der Waals surface area contributed by atoms with E-state index in [9.17, 15) is 5.11 Å². The maximum Gasteiger partial charge on any atom is 0.0634 e. The van der Waals surface area contributed by atoms with Gasteiger partial charge in [0.1, 0.15) is 0 Å². The average Bonchev–Trinajstić information content (AvgIpc) is 2.14. The fourth-order valence-corrected chi connectivity index (χ4v) is 1.33. The summed E-state index contributed by atoms with van der Waals surface area (Å²) in [7, 11) is 0. The fraction of sp³-hybridized carbons (Fsp3) is 0.538. The fourth-order valence-electron chi connectivity index (χ4n) is 1.33. The summed E-state index contributed by atoms with van der Waals surface area (Å²) in [5.74, 6) is 0.211. The molecule has 0 saturated carbocycles. The molecule has 80 valence electrons. The van der Waals surface area contributed by atoms with Crippen LogP contribution in [0.2, 0.25) is 0 Å². The van der Waals surface area contributed by atoms with Crippen molar-refractivity contribution >= 4 is 0 Å². The first-order valence-electron chi connectivity index (χ1n) is 5.22. The second-order valence-corrected chi connectivity index (χ2v) is 3.64. The Morgan fingerprint density at radius 3 is 2.43 bits per heavy atom. The summed E-state index contributed by atoms with van der Waals surface area (Å²) in [6, 6.07) is 0. The van der Waals surface area contributed by atoms with E-state index >= 15 is 0 Å². The molecular formula is C13H22O. The van der Waals surface area contributed by atoms with E-state index in [0.717, 1.165) is 6.42 Å². The monoisotopic (exact) mass is 194 g/mol. The molecule has 0 aliphatic heterocycles. The lowest BCUT2D eigenvalue weighted by molar-refractivity contribution is 0.140. The molecule has 0 amide bonds. The normalized spacial score (nSPS) is 17.9. The van der Waals surface area contributed by atoms with Gasteiger partial charge in [-0.05, 0) is 27.2 Å². The third-order valence-corrected chi connectivity index (χ3v) is 2.18. The highest BCUT2D eigenvalue weighted by Gasteiger charge is 2.09. The average molecular weight is 194 g/mol. The van der Waals surface area contributed by atoms with E-state index < -0.39 is 0 Å². The standard InChI is InChI=1S/C13H22O/c1-5-7-9-13(14)12(4)10-11(3)8-6-2/h5-8,10,12-14H,9H2,1-4H3/b7-5-,8-6-,11-10+/t12-,13-/m0/s1. The molecule has 0 radical (unpaired) electrons. The molecule has 0 bridgehead atoms. The molecule has 0 aromatic heterocycles. The quantitative estimate of drug-likeness (QED) is 0.525. The van der Waals surface area contributed by atoms with E-state index in [1.807, 2.05) is 39.0 Å². The molecule has 0 unspecified atom stereocenters. The molecule has 0 aromatic carbocycles. The smallest absolute Gasteiger partial charge is 0.0634 e. The van der Waals surface area contributed by atoms with Crippen LogP contribution in [-0.4, -0.2) is 11.2 Å². The van der Waals surface area contributed by atoms with Crippen LogP contribution in [0.3, 0.4) is 0 Å². The van der Waals surface area contributed by atoms with E-state index in [1.54, 1.807) is 0 Å². The van der Waals surface area contributed by atoms with Crippen molar-refractivity contribution in [2.75, 3.05) is 0 Å². The van der Waals surface area contributed by atoms with Gasteiger partial charge in [-0.1, -0.05) is 42.9 Å². The number of rotatable bonds is 5. The van der Waals surface area contributed by atoms with Crippen LogP contribution in [0.15, 0.2) is 36.0 Å². The zero-order valence-corrected chi connectivity index (χ0v) is 9.70. The zero-order chi connectivity index (χ0) is 11.0. The first-order chi connectivity index (χ1) is 6.61. The van der Waals surface area contributed by atoms with Crippen molar-refractivity contribution in [3.8, 4) is 0 Å². The number of aliphatic hydroxyl groups excluding tert-OH is 1. The summed E-state index contributed by atoms with van der Waals surface area (Å²) < 4.78 is 0. The predicted molar refractivity (Wildman–Crippen MR) is 63.2 cm³/mol. The van der Waals surface area contributed by atoms with E-state index in [2.05, 4.69) is 19.1 Å². The van der Waals surface area contributed by atoms with Crippen molar-refractivity contribution in [3.63, 3.8) is 0 Å². The minimum Gasteiger partial charge on any atom is -0.392 e. The zero-order valence-electron chi connectivity index (χ0n) is 9.70. The molecule has 1 nitrogen and oxygen atoms in total. The lowest BCUT2D eigenvalue weighted by Crippen LogP contribution is -2.14. The Morgan fingerprint density at radius 2 is 1.93 bits per heavy atom. The van der Waals surface area contributed by atoms with Crippen LogP contribution < -0.4 is 0 Å². The van der Waals surface area contributed by atoms with Gasteiger partial charge in [0, 0.05) is 5.92 Å². The summed E-state index contributed by atoms with van der Waals surface area (Å²) >= 11 is 0. The topological polar surface area (TPSA) is 20.2 Å². The van der Waals surface area contributed by atoms with E-state index in [-0.39, 0.29) is 12.0 Å². The summed E-state index contributed by atoms with van der Waals surface area (Å²) in [4.78, 5) is 0. The van der Waals surface area contributed by atoms with Crippen molar-refractivity contribution in [1.29, 1.82) is 0 Å². The third kappa shape index (κ3) is 5.76. The SMILES string of the molecule is C/C=C\C[C@H](O)[C@@H](C)/C=C(C)/C=C\C. The highest BCUT2D eigenvalue weighted by molar-refractivity contribution is 5.16. The van der Waals surface area contributed by atoms with Crippen LogP contribution in [0, 0.1) is 5.92 Å². The second kappa shape index (κ2) is 7.57. The lowest BCUT2D eigenvalue weighted by Gasteiger charge is -2.13. The Labute approximate surface area is 87.8 Å². The molecule has 0 saturated heterocycles.